The highest BCUT2D eigenvalue weighted by molar-refractivity contribution is 9.10. The highest BCUT2D eigenvalue weighted by Crippen LogP contribution is 2.22. The van der Waals surface area contributed by atoms with Gasteiger partial charge in [0, 0.05) is 16.4 Å². The monoisotopic (exact) mass is 382 g/mol. The molecule has 5 heteroatoms. The summed E-state index contributed by atoms with van der Waals surface area (Å²) in [4.78, 5) is 16.1. The van der Waals surface area contributed by atoms with Crippen LogP contribution in [-0.4, -0.2) is 10.9 Å². The Hall–Kier alpha value is -1.20. The summed E-state index contributed by atoms with van der Waals surface area (Å²) >= 11 is 6.67. The van der Waals surface area contributed by atoms with Crippen molar-refractivity contribution >= 4 is 43.5 Å². The number of anilines is 1. The number of hydrogen-bond donors (Lipinski definition) is 1. The van der Waals surface area contributed by atoms with Gasteiger partial charge in [-0.15, -0.1) is 0 Å². The van der Waals surface area contributed by atoms with Gasteiger partial charge in [-0.1, -0.05) is 22.9 Å². The Labute approximate surface area is 128 Å². The molecule has 0 saturated heterocycles. The Balaban J connectivity index is 2.21. The van der Waals surface area contributed by atoms with Crippen molar-refractivity contribution in [3.8, 4) is 0 Å². The summed E-state index contributed by atoms with van der Waals surface area (Å²) < 4.78 is 1.72. The lowest BCUT2D eigenvalue weighted by Crippen LogP contribution is -2.13. The number of aryl methyl sites for hydroxylation is 1. The third kappa shape index (κ3) is 3.64. The zero-order chi connectivity index (χ0) is 13.8. The first kappa shape index (κ1) is 14.2. The molecule has 0 aliphatic heterocycles. The van der Waals surface area contributed by atoms with E-state index >= 15 is 0 Å². The van der Waals surface area contributed by atoms with E-state index in [-0.39, 0.29) is 5.91 Å². The van der Waals surface area contributed by atoms with Crippen LogP contribution in [0, 0.1) is 0 Å². The molecule has 0 aliphatic rings. The number of halogens is 2. The van der Waals surface area contributed by atoms with Crippen molar-refractivity contribution in [2.75, 3.05) is 5.32 Å². The molecule has 0 spiro atoms. The Morgan fingerprint density at radius 3 is 2.68 bits per heavy atom. The molecule has 0 radical (unpaired) electrons. The largest absolute Gasteiger partial charge is 0.322 e. The summed E-state index contributed by atoms with van der Waals surface area (Å²) in [5, 5.41) is 2.91. The first-order valence-electron chi connectivity index (χ1n) is 5.81. The number of nitrogens with zero attached hydrogens (tertiary/aromatic N) is 1. The van der Waals surface area contributed by atoms with Gasteiger partial charge in [-0.25, -0.2) is 4.98 Å². The van der Waals surface area contributed by atoms with Gasteiger partial charge in [0.15, 0.2) is 0 Å². The van der Waals surface area contributed by atoms with Crippen LogP contribution in [0.25, 0.3) is 0 Å². The minimum atomic E-state index is -0.156. The fourth-order valence-corrected chi connectivity index (χ4v) is 2.32. The highest BCUT2D eigenvalue weighted by atomic mass is 79.9. The Bertz CT molecular complexity index is 597. The molecule has 0 atom stereocenters. The van der Waals surface area contributed by atoms with Crippen molar-refractivity contribution in [1.29, 1.82) is 0 Å². The lowest BCUT2D eigenvalue weighted by molar-refractivity contribution is 0.102. The molecule has 1 aromatic carbocycles. The molecule has 0 fully saturated rings. The van der Waals surface area contributed by atoms with Crippen LogP contribution in [-0.2, 0) is 6.42 Å². The molecule has 2 rings (SSSR count). The standard InChI is InChI=1S/C14H12Br2N2O/c1-2-9-7-11(15)4-5-12(9)18-14(19)10-3-6-13(16)17-8-10/h3-8H,2H2,1H3,(H,18,19). The second-order valence-electron chi connectivity index (χ2n) is 3.98. The van der Waals surface area contributed by atoms with E-state index in [1.807, 2.05) is 18.2 Å². The molecule has 1 aromatic heterocycles. The van der Waals surface area contributed by atoms with Gasteiger partial charge in [0.05, 0.1) is 5.56 Å². The van der Waals surface area contributed by atoms with Gasteiger partial charge in [-0.2, -0.15) is 0 Å². The summed E-state index contributed by atoms with van der Waals surface area (Å²) in [6.45, 7) is 2.05. The van der Waals surface area contributed by atoms with Crippen LogP contribution in [0.3, 0.4) is 0 Å². The van der Waals surface area contributed by atoms with Crippen molar-refractivity contribution in [1.82, 2.24) is 4.98 Å². The maximum absolute atomic E-state index is 12.1. The van der Waals surface area contributed by atoms with E-state index in [0.717, 1.165) is 22.1 Å². The number of aromatic nitrogens is 1. The van der Waals surface area contributed by atoms with Gasteiger partial charge in [0.2, 0.25) is 0 Å². The molecule has 19 heavy (non-hydrogen) atoms. The molecular weight excluding hydrogens is 372 g/mol. The summed E-state index contributed by atoms with van der Waals surface area (Å²) in [5.74, 6) is -0.156. The Kier molecular flexibility index (Phi) is 4.71. The maximum atomic E-state index is 12.1. The van der Waals surface area contributed by atoms with Crippen LogP contribution < -0.4 is 5.32 Å². The van der Waals surface area contributed by atoms with E-state index in [0.29, 0.717) is 10.2 Å². The molecule has 1 N–H and O–H groups in total. The number of carbonyl (C=O) groups is 1. The maximum Gasteiger partial charge on any atom is 0.257 e. The third-order valence-corrected chi connectivity index (χ3v) is 3.65. The van der Waals surface area contributed by atoms with Crippen molar-refractivity contribution < 1.29 is 4.79 Å². The zero-order valence-electron chi connectivity index (χ0n) is 10.3. The Morgan fingerprint density at radius 2 is 2.05 bits per heavy atom. The lowest BCUT2D eigenvalue weighted by Gasteiger charge is -2.10. The lowest BCUT2D eigenvalue weighted by atomic mass is 10.1. The van der Waals surface area contributed by atoms with Gasteiger partial charge in [0.1, 0.15) is 4.60 Å². The second-order valence-corrected chi connectivity index (χ2v) is 5.71. The minimum absolute atomic E-state index is 0.156. The Morgan fingerprint density at radius 1 is 1.26 bits per heavy atom. The van der Waals surface area contributed by atoms with Gasteiger partial charge in [-0.05, 0) is 58.2 Å². The second kappa shape index (κ2) is 6.30. The molecule has 2 aromatic rings. The quantitative estimate of drug-likeness (QED) is 0.797. The predicted octanol–water partition coefficient (Wildman–Crippen LogP) is 4.42. The molecule has 3 nitrogen and oxygen atoms in total. The van der Waals surface area contributed by atoms with Crippen molar-refractivity contribution in [3.63, 3.8) is 0 Å². The summed E-state index contributed by atoms with van der Waals surface area (Å²) in [6.07, 6.45) is 2.40. The van der Waals surface area contributed by atoms with E-state index in [2.05, 4.69) is 49.1 Å². The number of benzene rings is 1. The molecule has 0 aliphatic carbocycles. The minimum Gasteiger partial charge on any atom is -0.322 e. The van der Waals surface area contributed by atoms with Crippen LogP contribution >= 0.6 is 31.9 Å². The van der Waals surface area contributed by atoms with Crippen LogP contribution in [0.1, 0.15) is 22.8 Å². The third-order valence-electron chi connectivity index (χ3n) is 2.69. The number of nitrogens with one attached hydrogen (secondary N) is 1. The smallest absolute Gasteiger partial charge is 0.257 e. The zero-order valence-corrected chi connectivity index (χ0v) is 13.5. The van der Waals surface area contributed by atoms with E-state index < -0.39 is 0 Å². The topological polar surface area (TPSA) is 42.0 Å². The molecule has 98 valence electrons. The van der Waals surface area contributed by atoms with Gasteiger partial charge < -0.3 is 5.32 Å². The molecule has 1 amide bonds. The van der Waals surface area contributed by atoms with Gasteiger partial charge in [-0.3, -0.25) is 4.79 Å². The fourth-order valence-electron chi connectivity index (χ4n) is 1.68. The van der Waals surface area contributed by atoms with Gasteiger partial charge >= 0.3 is 0 Å². The van der Waals surface area contributed by atoms with E-state index in [4.69, 9.17) is 0 Å². The fraction of sp³-hybridized carbons (Fsp3) is 0.143. The SMILES string of the molecule is CCc1cc(Br)ccc1NC(=O)c1ccc(Br)nc1. The molecule has 0 bridgehead atoms. The molecule has 1 heterocycles. The van der Waals surface area contributed by atoms with E-state index in [9.17, 15) is 4.79 Å². The van der Waals surface area contributed by atoms with Crippen LogP contribution in [0.4, 0.5) is 5.69 Å². The normalized spacial score (nSPS) is 10.3. The van der Waals surface area contributed by atoms with Crippen molar-refractivity contribution in [2.24, 2.45) is 0 Å². The molecular formula is C14H12Br2N2O. The van der Waals surface area contributed by atoms with Crippen molar-refractivity contribution in [3.05, 3.63) is 56.7 Å². The van der Waals surface area contributed by atoms with Gasteiger partial charge in [0.25, 0.3) is 5.91 Å². The van der Waals surface area contributed by atoms with E-state index in [1.165, 1.54) is 0 Å². The highest BCUT2D eigenvalue weighted by Gasteiger charge is 2.09. The van der Waals surface area contributed by atoms with Crippen LogP contribution in [0.2, 0.25) is 0 Å². The summed E-state index contributed by atoms with van der Waals surface area (Å²) in [7, 11) is 0. The first-order chi connectivity index (χ1) is 9.10. The number of rotatable bonds is 3. The average Bonchev–Trinajstić information content (AvgIpc) is 2.41. The summed E-state index contributed by atoms with van der Waals surface area (Å²) in [6, 6.07) is 9.30. The molecule has 0 unspecified atom stereocenters. The molecule has 0 saturated carbocycles. The number of carbonyl (C=O) groups excluding carboxylic acids is 1. The van der Waals surface area contributed by atoms with Crippen LogP contribution in [0.5, 0.6) is 0 Å². The summed E-state index contributed by atoms with van der Waals surface area (Å²) in [5.41, 5.74) is 2.46. The van der Waals surface area contributed by atoms with E-state index in [1.54, 1.807) is 18.3 Å². The first-order valence-corrected chi connectivity index (χ1v) is 7.40. The average molecular weight is 384 g/mol. The number of pyridine rings is 1. The number of amides is 1. The van der Waals surface area contributed by atoms with Crippen LogP contribution in [0.15, 0.2) is 45.6 Å². The van der Waals surface area contributed by atoms with Crippen molar-refractivity contribution in [2.45, 2.75) is 13.3 Å². The number of hydrogen-bond acceptors (Lipinski definition) is 2. The predicted molar refractivity (Wildman–Crippen MR) is 83.4 cm³/mol.